The van der Waals surface area contributed by atoms with Crippen LogP contribution < -0.4 is 5.32 Å². The SMILES string of the molecule is CC(C)(C)OC(=O)NC(c1nc(-c2cc(F)ccc2F)n(Cc2ccccc2)n1)C(C)(C)C. The molecule has 3 aromatic rings. The van der Waals surface area contributed by atoms with Gasteiger partial charge in [-0.15, -0.1) is 0 Å². The minimum atomic E-state index is -0.678. The lowest BCUT2D eigenvalue weighted by Gasteiger charge is -2.30. The van der Waals surface area contributed by atoms with Crippen molar-refractivity contribution in [2.24, 2.45) is 5.41 Å². The molecule has 1 atom stereocenters. The largest absolute Gasteiger partial charge is 0.444 e. The van der Waals surface area contributed by atoms with E-state index in [0.29, 0.717) is 6.54 Å². The molecule has 0 radical (unpaired) electrons. The Morgan fingerprint density at radius 2 is 1.73 bits per heavy atom. The van der Waals surface area contributed by atoms with Gasteiger partial charge in [0.15, 0.2) is 11.6 Å². The first-order valence-electron chi connectivity index (χ1n) is 10.8. The van der Waals surface area contributed by atoms with Gasteiger partial charge < -0.3 is 10.1 Å². The zero-order valence-corrected chi connectivity index (χ0v) is 19.8. The van der Waals surface area contributed by atoms with Crippen molar-refractivity contribution >= 4 is 6.09 Å². The molecule has 0 aliphatic carbocycles. The van der Waals surface area contributed by atoms with Crippen LogP contribution in [0.2, 0.25) is 0 Å². The number of alkyl carbamates (subject to hydrolysis) is 1. The monoisotopic (exact) mass is 456 g/mol. The zero-order chi connectivity index (χ0) is 24.4. The Morgan fingerprint density at radius 1 is 1.06 bits per heavy atom. The minimum Gasteiger partial charge on any atom is -0.444 e. The number of halogens is 2. The Labute approximate surface area is 193 Å². The van der Waals surface area contributed by atoms with E-state index in [2.05, 4.69) is 15.4 Å². The van der Waals surface area contributed by atoms with Crippen LogP contribution in [-0.4, -0.2) is 26.5 Å². The zero-order valence-electron chi connectivity index (χ0n) is 19.8. The number of amides is 1. The van der Waals surface area contributed by atoms with Crippen LogP contribution in [0.4, 0.5) is 13.6 Å². The van der Waals surface area contributed by atoms with Gasteiger partial charge in [-0.05, 0) is 49.9 Å². The Kier molecular flexibility index (Phi) is 6.86. The number of hydrogen-bond acceptors (Lipinski definition) is 4. The molecule has 0 fully saturated rings. The van der Waals surface area contributed by atoms with Crippen LogP contribution in [0.25, 0.3) is 11.4 Å². The number of hydrogen-bond donors (Lipinski definition) is 1. The minimum absolute atomic E-state index is 0.00499. The van der Waals surface area contributed by atoms with Gasteiger partial charge >= 0.3 is 6.09 Å². The highest BCUT2D eigenvalue weighted by Crippen LogP contribution is 2.33. The fourth-order valence-electron chi connectivity index (χ4n) is 3.31. The van der Waals surface area contributed by atoms with Crippen molar-refractivity contribution in [3.8, 4) is 11.4 Å². The van der Waals surface area contributed by atoms with Crippen molar-refractivity contribution in [1.29, 1.82) is 0 Å². The standard InChI is InChI=1S/C25H30F2N4O2/c1-24(2,3)20(28-23(32)33-25(4,5)6)21-29-22(18-14-17(26)12-13-19(18)27)31(30-21)15-16-10-8-7-9-11-16/h7-14,20H,15H2,1-6H3,(H,28,32). The number of carbonyl (C=O) groups is 1. The molecular weight excluding hydrogens is 426 g/mol. The van der Waals surface area contributed by atoms with E-state index in [1.807, 2.05) is 51.1 Å². The van der Waals surface area contributed by atoms with Gasteiger partial charge in [0.05, 0.1) is 18.2 Å². The summed E-state index contributed by atoms with van der Waals surface area (Å²) in [7, 11) is 0. The molecule has 3 rings (SSSR count). The van der Waals surface area contributed by atoms with Crippen LogP contribution in [0.3, 0.4) is 0 Å². The molecule has 1 aromatic heterocycles. The second-order valence-corrected chi connectivity index (χ2v) is 10.0. The Bertz CT molecular complexity index is 1120. The van der Waals surface area contributed by atoms with Crippen LogP contribution >= 0.6 is 0 Å². The highest BCUT2D eigenvalue weighted by Gasteiger charge is 2.34. The van der Waals surface area contributed by atoms with Crippen molar-refractivity contribution < 1.29 is 18.3 Å². The Morgan fingerprint density at radius 3 is 2.33 bits per heavy atom. The predicted molar refractivity (Wildman–Crippen MR) is 122 cm³/mol. The molecule has 6 nitrogen and oxygen atoms in total. The molecule has 0 spiro atoms. The van der Waals surface area contributed by atoms with E-state index in [4.69, 9.17) is 4.74 Å². The first kappa shape index (κ1) is 24.4. The highest BCUT2D eigenvalue weighted by atomic mass is 19.1. The van der Waals surface area contributed by atoms with Gasteiger partial charge in [-0.3, -0.25) is 0 Å². The van der Waals surface area contributed by atoms with E-state index in [1.54, 1.807) is 20.8 Å². The van der Waals surface area contributed by atoms with Gasteiger partial charge in [0, 0.05) is 0 Å². The van der Waals surface area contributed by atoms with Gasteiger partial charge in [0.25, 0.3) is 0 Å². The van der Waals surface area contributed by atoms with E-state index in [0.717, 1.165) is 23.8 Å². The maximum atomic E-state index is 14.7. The van der Waals surface area contributed by atoms with Gasteiger partial charge in [-0.2, -0.15) is 5.10 Å². The number of benzene rings is 2. The van der Waals surface area contributed by atoms with E-state index in [9.17, 15) is 13.6 Å². The smallest absolute Gasteiger partial charge is 0.408 e. The number of ether oxygens (including phenoxy) is 1. The molecule has 8 heteroatoms. The number of nitrogens with zero attached hydrogens (tertiary/aromatic N) is 3. The van der Waals surface area contributed by atoms with Crippen LogP contribution in [0.1, 0.15) is 59.0 Å². The molecular formula is C25H30F2N4O2. The number of aromatic nitrogens is 3. The topological polar surface area (TPSA) is 69.0 Å². The number of nitrogens with one attached hydrogen (secondary N) is 1. The van der Waals surface area contributed by atoms with Crippen molar-refractivity contribution in [1.82, 2.24) is 20.1 Å². The summed E-state index contributed by atoms with van der Waals surface area (Å²) in [5, 5.41) is 7.46. The van der Waals surface area contributed by atoms with Gasteiger partial charge in [-0.1, -0.05) is 51.1 Å². The summed E-state index contributed by atoms with van der Waals surface area (Å²) < 4.78 is 35.6. The Balaban J connectivity index is 2.08. The summed E-state index contributed by atoms with van der Waals surface area (Å²) in [4.78, 5) is 17.1. The summed E-state index contributed by atoms with van der Waals surface area (Å²) in [6.07, 6.45) is -0.611. The van der Waals surface area contributed by atoms with E-state index in [-0.39, 0.29) is 17.2 Å². The summed E-state index contributed by atoms with van der Waals surface area (Å²) >= 11 is 0. The second-order valence-electron chi connectivity index (χ2n) is 10.0. The molecule has 1 heterocycles. The average molecular weight is 457 g/mol. The van der Waals surface area contributed by atoms with Crippen molar-refractivity contribution in [2.75, 3.05) is 0 Å². The van der Waals surface area contributed by atoms with E-state index >= 15 is 0 Å². The maximum Gasteiger partial charge on any atom is 0.408 e. The van der Waals surface area contributed by atoms with Crippen LogP contribution in [0, 0.1) is 17.0 Å². The normalized spacial score (nSPS) is 13.0. The molecule has 0 saturated heterocycles. The molecule has 1 amide bonds. The van der Waals surface area contributed by atoms with Crippen LogP contribution in [-0.2, 0) is 11.3 Å². The molecule has 0 aliphatic heterocycles. The molecule has 176 valence electrons. The quantitative estimate of drug-likeness (QED) is 0.520. The van der Waals surface area contributed by atoms with Crippen LogP contribution in [0.15, 0.2) is 48.5 Å². The van der Waals surface area contributed by atoms with E-state index < -0.39 is 34.8 Å². The molecule has 0 bridgehead atoms. The van der Waals surface area contributed by atoms with Gasteiger partial charge in [-0.25, -0.2) is 23.2 Å². The third-order valence-electron chi connectivity index (χ3n) is 4.82. The fraction of sp³-hybridized carbons (Fsp3) is 0.400. The number of carbonyl (C=O) groups excluding carboxylic acids is 1. The molecule has 2 aromatic carbocycles. The van der Waals surface area contributed by atoms with Gasteiger partial charge in [0.2, 0.25) is 0 Å². The third-order valence-corrected chi connectivity index (χ3v) is 4.82. The number of rotatable bonds is 5. The average Bonchev–Trinajstić information content (AvgIpc) is 3.09. The van der Waals surface area contributed by atoms with Crippen molar-refractivity contribution in [2.45, 2.75) is 59.7 Å². The highest BCUT2D eigenvalue weighted by molar-refractivity contribution is 5.68. The molecule has 0 saturated carbocycles. The third kappa shape index (κ3) is 6.37. The lowest BCUT2D eigenvalue weighted by atomic mass is 9.86. The van der Waals surface area contributed by atoms with Gasteiger partial charge in [0.1, 0.15) is 17.2 Å². The molecule has 1 N–H and O–H groups in total. The Hall–Kier alpha value is -3.29. The maximum absolute atomic E-state index is 14.7. The first-order chi connectivity index (χ1) is 15.3. The van der Waals surface area contributed by atoms with E-state index in [1.165, 1.54) is 4.68 Å². The summed E-state index contributed by atoms with van der Waals surface area (Å²) in [6.45, 7) is 11.4. The summed E-state index contributed by atoms with van der Waals surface area (Å²) in [6, 6.07) is 12.1. The molecule has 1 unspecified atom stereocenters. The summed E-state index contributed by atoms with van der Waals surface area (Å²) in [5.74, 6) is -0.743. The van der Waals surface area contributed by atoms with Crippen LogP contribution in [0.5, 0.6) is 0 Å². The molecule has 33 heavy (non-hydrogen) atoms. The first-order valence-corrected chi connectivity index (χ1v) is 10.8. The lowest BCUT2D eigenvalue weighted by Crippen LogP contribution is -2.40. The summed E-state index contributed by atoms with van der Waals surface area (Å²) in [5.41, 5.74) is -0.259. The molecule has 0 aliphatic rings. The van der Waals surface area contributed by atoms with Crippen molar-refractivity contribution in [3.05, 3.63) is 71.6 Å². The second kappa shape index (κ2) is 9.29. The fourth-order valence-corrected chi connectivity index (χ4v) is 3.31. The lowest BCUT2D eigenvalue weighted by molar-refractivity contribution is 0.0458. The van der Waals surface area contributed by atoms with Crippen molar-refractivity contribution in [3.63, 3.8) is 0 Å². The predicted octanol–water partition coefficient (Wildman–Crippen LogP) is 5.88.